The molecule has 18 heavy (non-hydrogen) atoms. The molecule has 0 saturated heterocycles. The first kappa shape index (κ1) is 12.6. The van der Waals surface area contributed by atoms with Gasteiger partial charge in [0.2, 0.25) is 0 Å². The molecule has 0 fully saturated rings. The third-order valence-electron chi connectivity index (χ3n) is 2.41. The van der Waals surface area contributed by atoms with Gasteiger partial charge in [-0.05, 0) is 25.1 Å². The molecule has 94 valence electrons. The predicted octanol–water partition coefficient (Wildman–Crippen LogP) is 2.40. The van der Waals surface area contributed by atoms with Crippen LogP contribution in [0.1, 0.15) is 5.69 Å². The zero-order valence-electron chi connectivity index (χ0n) is 10.1. The fraction of sp³-hybridized carbons (Fsp3) is 0.167. The smallest absolute Gasteiger partial charge is 0.165 e. The SMILES string of the molecule is COc1cc(Cl)ccc1-c1nc(C)cc(NN)n1. The lowest BCUT2D eigenvalue weighted by atomic mass is 10.2. The van der Waals surface area contributed by atoms with E-state index in [2.05, 4.69) is 15.4 Å². The van der Waals surface area contributed by atoms with Crippen molar-refractivity contribution in [1.29, 1.82) is 0 Å². The van der Waals surface area contributed by atoms with Gasteiger partial charge in [-0.3, -0.25) is 0 Å². The summed E-state index contributed by atoms with van der Waals surface area (Å²) in [6.45, 7) is 1.87. The van der Waals surface area contributed by atoms with Crippen molar-refractivity contribution in [2.75, 3.05) is 12.5 Å². The normalized spacial score (nSPS) is 10.2. The maximum Gasteiger partial charge on any atom is 0.165 e. The van der Waals surface area contributed by atoms with Gasteiger partial charge in [-0.25, -0.2) is 15.8 Å². The Labute approximate surface area is 110 Å². The number of methoxy groups -OCH3 is 1. The highest BCUT2D eigenvalue weighted by Gasteiger charge is 2.10. The minimum absolute atomic E-state index is 0.538. The van der Waals surface area contributed by atoms with Crippen molar-refractivity contribution in [3.63, 3.8) is 0 Å². The number of anilines is 1. The van der Waals surface area contributed by atoms with Gasteiger partial charge in [-0.2, -0.15) is 0 Å². The summed E-state index contributed by atoms with van der Waals surface area (Å²) in [7, 11) is 1.58. The second-order valence-corrected chi connectivity index (χ2v) is 4.14. The number of nitrogens with two attached hydrogens (primary N) is 1. The lowest BCUT2D eigenvalue weighted by Gasteiger charge is -2.09. The third kappa shape index (κ3) is 2.52. The molecule has 0 bridgehead atoms. The van der Waals surface area contributed by atoms with Crippen LogP contribution in [0.5, 0.6) is 5.75 Å². The Kier molecular flexibility index (Phi) is 3.64. The predicted molar refractivity (Wildman–Crippen MR) is 71.6 cm³/mol. The van der Waals surface area contributed by atoms with Crippen LogP contribution in [0.3, 0.4) is 0 Å². The zero-order valence-corrected chi connectivity index (χ0v) is 10.8. The van der Waals surface area contributed by atoms with Crippen LogP contribution in [0.2, 0.25) is 5.02 Å². The van der Waals surface area contributed by atoms with Gasteiger partial charge in [0.1, 0.15) is 11.6 Å². The molecule has 0 atom stereocenters. The van der Waals surface area contributed by atoms with Gasteiger partial charge in [0.15, 0.2) is 5.82 Å². The number of halogens is 1. The first-order chi connectivity index (χ1) is 8.63. The highest BCUT2D eigenvalue weighted by atomic mass is 35.5. The Balaban J connectivity index is 2.57. The molecule has 0 aliphatic heterocycles. The average Bonchev–Trinajstić information content (AvgIpc) is 2.37. The Bertz CT molecular complexity index is 574. The fourth-order valence-electron chi connectivity index (χ4n) is 1.61. The Morgan fingerprint density at radius 3 is 2.72 bits per heavy atom. The van der Waals surface area contributed by atoms with E-state index in [-0.39, 0.29) is 0 Å². The minimum Gasteiger partial charge on any atom is -0.496 e. The summed E-state index contributed by atoms with van der Waals surface area (Å²) >= 11 is 5.92. The second kappa shape index (κ2) is 5.20. The number of aryl methyl sites for hydroxylation is 1. The number of rotatable bonds is 3. The number of ether oxygens (including phenoxy) is 1. The van der Waals surface area contributed by atoms with E-state index in [1.807, 2.05) is 13.0 Å². The lowest BCUT2D eigenvalue weighted by molar-refractivity contribution is 0.416. The van der Waals surface area contributed by atoms with E-state index >= 15 is 0 Å². The topological polar surface area (TPSA) is 73.1 Å². The van der Waals surface area contributed by atoms with E-state index in [9.17, 15) is 0 Å². The van der Waals surface area contributed by atoms with Crippen LogP contribution >= 0.6 is 11.6 Å². The molecule has 0 spiro atoms. The molecular weight excluding hydrogens is 252 g/mol. The maximum absolute atomic E-state index is 5.92. The standard InChI is InChI=1S/C12H13ClN4O/c1-7-5-11(17-14)16-12(15-7)9-4-3-8(13)6-10(9)18-2/h3-6H,14H2,1-2H3,(H,15,16,17). The van der Waals surface area contributed by atoms with Gasteiger partial charge >= 0.3 is 0 Å². The molecule has 1 heterocycles. The summed E-state index contributed by atoms with van der Waals surface area (Å²) in [5.41, 5.74) is 4.08. The van der Waals surface area contributed by atoms with E-state index < -0.39 is 0 Å². The molecule has 0 aliphatic carbocycles. The molecule has 0 saturated carbocycles. The molecule has 5 nitrogen and oxygen atoms in total. The van der Waals surface area contributed by atoms with Crippen LogP contribution in [0, 0.1) is 6.92 Å². The monoisotopic (exact) mass is 264 g/mol. The molecular formula is C12H13ClN4O. The van der Waals surface area contributed by atoms with E-state index in [1.165, 1.54) is 0 Å². The average molecular weight is 265 g/mol. The van der Waals surface area contributed by atoms with Gasteiger partial charge in [0.05, 0.1) is 12.7 Å². The first-order valence-corrected chi connectivity index (χ1v) is 5.68. The molecule has 1 aromatic heterocycles. The number of benzene rings is 1. The minimum atomic E-state index is 0.538. The second-order valence-electron chi connectivity index (χ2n) is 3.71. The van der Waals surface area contributed by atoms with Crippen LogP contribution in [0.4, 0.5) is 5.82 Å². The number of nitrogens with one attached hydrogen (secondary N) is 1. The zero-order chi connectivity index (χ0) is 13.1. The summed E-state index contributed by atoms with van der Waals surface area (Å²) in [6, 6.07) is 7.06. The van der Waals surface area contributed by atoms with E-state index in [0.29, 0.717) is 22.4 Å². The van der Waals surface area contributed by atoms with Crippen molar-refractivity contribution < 1.29 is 4.74 Å². The van der Waals surface area contributed by atoms with Crippen molar-refractivity contribution in [1.82, 2.24) is 9.97 Å². The Hall–Kier alpha value is -1.85. The number of nitrogen functional groups attached to an aromatic ring is 1. The molecule has 0 amide bonds. The van der Waals surface area contributed by atoms with Crippen molar-refractivity contribution in [2.45, 2.75) is 6.92 Å². The molecule has 2 rings (SSSR count). The molecule has 3 N–H and O–H groups in total. The van der Waals surface area contributed by atoms with Gasteiger partial charge < -0.3 is 10.2 Å². The van der Waals surface area contributed by atoms with Crippen molar-refractivity contribution in [3.05, 3.63) is 35.0 Å². The van der Waals surface area contributed by atoms with Crippen molar-refractivity contribution in [3.8, 4) is 17.1 Å². The van der Waals surface area contributed by atoms with Crippen LogP contribution in [-0.4, -0.2) is 17.1 Å². The molecule has 1 aromatic carbocycles. The molecule has 0 aliphatic rings. The number of hydrazine groups is 1. The van der Waals surface area contributed by atoms with Crippen molar-refractivity contribution >= 4 is 17.4 Å². The first-order valence-electron chi connectivity index (χ1n) is 5.30. The summed E-state index contributed by atoms with van der Waals surface area (Å²) in [5, 5.41) is 0.598. The molecule has 6 heteroatoms. The van der Waals surface area contributed by atoms with Gasteiger partial charge in [0.25, 0.3) is 0 Å². The third-order valence-corrected chi connectivity index (χ3v) is 2.64. The van der Waals surface area contributed by atoms with Crippen LogP contribution in [0.15, 0.2) is 24.3 Å². The summed E-state index contributed by atoms with van der Waals surface area (Å²) in [6.07, 6.45) is 0. The number of nitrogens with zero attached hydrogens (tertiary/aromatic N) is 2. The van der Waals surface area contributed by atoms with Crippen LogP contribution in [0.25, 0.3) is 11.4 Å². The fourth-order valence-corrected chi connectivity index (χ4v) is 1.77. The molecule has 2 aromatic rings. The summed E-state index contributed by atoms with van der Waals surface area (Å²) in [4.78, 5) is 8.65. The van der Waals surface area contributed by atoms with Gasteiger partial charge in [0, 0.05) is 16.8 Å². The number of aromatic nitrogens is 2. The highest BCUT2D eigenvalue weighted by Crippen LogP contribution is 2.30. The van der Waals surface area contributed by atoms with E-state index in [0.717, 1.165) is 11.3 Å². The van der Waals surface area contributed by atoms with E-state index in [1.54, 1.807) is 25.3 Å². The van der Waals surface area contributed by atoms with Crippen molar-refractivity contribution in [2.24, 2.45) is 5.84 Å². The largest absolute Gasteiger partial charge is 0.496 e. The highest BCUT2D eigenvalue weighted by molar-refractivity contribution is 6.30. The molecule has 0 radical (unpaired) electrons. The van der Waals surface area contributed by atoms with Crippen LogP contribution < -0.4 is 16.0 Å². The number of hydrogen-bond acceptors (Lipinski definition) is 5. The lowest BCUT2D eigenvalue weighted by Crippen LogP contribution is -2.10. The maximum atomic E-state index is 5.92. The van der Waals surface area contributed by atoms with Gasteiger partial charge in [-0.15, -0.1) is 0 Å². The summed E-state index contributed by atoms with van der Waals surface area (Å²) < 4.78 is 5.28. The van der Waals surface area contributed by atoms with Crippen LogP contribution in [-0.2, 0) is 0 Å². The molecule has 0 unspecified atom stereocenters. The van der Waals surface area contributed by atoms with Gasteiger partial charge in [-0.1, -0.05) is 11.6 Å². The van der Waals surface area contributed by atoms with E-state index in [4.69, 9.17) is 22.2 Å². The number of hydrogen-bond donors (Lipinski definition) is 2. The Morgan fingerprint density at radius 1 is 1.28 bits per heavy atom. The Morgan fingerprint density at radius 2 is 2.06 bits per heavy atom. The quantitative estimate of drug-likeness (QED) is 0.658. The summed E-state index contributed by atoms with van der Waals surface area (Å²) in [5.74, 6) is 7.08.